The molecule has 2 N–H and O–H groups in total. The zero-order valence-corrected chi connectivity index (χ0v) is 18.8. The predicted molar refractivity (Wildman–Crippen MR) is 123 cm³/mol. The summed E-state index contributed by atoms with van der Waals surface area (Å²) in [6, 6.07) is 17.3. The zero-order chi connectivity index (χ0) is 22.6. The normalized spacial score (nSPS) is 11.1. The second-order valence-corrected chi connectivity index (χ2v) is 9.35. The van der Waals surface area contributed by atoms with Crippen LogP contribution in [0.5, 0.6) is 5.75 Å². The topological polar surface area (TPSA) is 84.5 Å². The lowest BCUT2D eigenvalue weighted by Crippen LogP contribution is -2.20. The van der Waals surface area contributed by atoms with Crippen molar-refractivity contribution < 1.29 is 17.9 Å². The second-order valence-electron chi connectivity index (χ2n) is 7.67. The van der Waals surface area contributed by atoms with E-state index in [0.29, 0.717) is 17.1 Å². The summed E-state index contributed by atoms with van der Waals surface area (Å²) in [5, 5.41) is 2.71. The Hall–Kier alpha value is -3.32. The molecule has 1 amide bonds. The van der Waals surface area contributed by atoms with Gasteiger partial charge in [0.15, 0.2) is 6.61 Å². The van der Waals surface area contributed by atoms with Crippen LogP contribution in [-0.2, 0) is 14.8 Å². The number of benzene rings is 3. The Morgan fingerprint density at radius 2 is 1.29 bits per heavy atom. The second kappa shape index (κ2) is 9.22. The smallest absolute Gasteiger partial charge is 0.262 e. The summed E-state index contributed by atoms with van der Waals surface area (Å²) in [5.74, 6) is 0.301. The van der Waals surface area contributed by atoms with Crippen LogP contribution in [0.15, 0.2) is 65.6 Å². The highest BCUT2D eigenvalue weighted by Gasteiger charge is 2.15. The summed E-state index contributed by atoms with van der Waals surface area (Å²) >= 11 is 0. The van der Waals surface area contributed by atoms with Gasteiger partial charge in [0.2, 0.25) is 0 Å². The average Bonchev–Trinajstić information content (AvgIpc) is 2.65. The minimum Gasteiger partial charge on any atom is -0.484 e. The fourth-order valence-corrected chi connectivity index (χ4v) is 4.37. The van der Waals surface area contributed by atoms with Crippen LogP contribution in [0.3, 0.4) is 0 Å². The van der Waals surface area contributed by atoms with Gasteiger partial charge in [-0.2, -0.15) is 0 Å². The Morgan fingerprint density at radius 3 is 1.84 bits per heavy atom. The Morgan fingerprint density at radius 1 is 0.774 bits per heavy atom. The van der Waals surface area contributed by atoms with E-state index in [0.717, 1.165) is 22.3 Å². The minimum absolute atomic E-state index is 0.108. The maximum atomic E-state index is 12.7. The van der Waals surface area contributed by atoms with Crippen molar-refractivity contribution in [3.63, 3.8) is 0 Å². The fraction of sp³-hybridized carbons (Fsp3) is 0.208. The SMILES string of the molecule is Cc1cc(C)cc(NS(=O)(=O)c2ccc(NC(=O)COc3cc(C)cc(C)c3)cc2)c1. The van der Waals surface area contributed by atoms with Gasteiger partial charge in [-0.05, 0) is 98.5 Å². The van der Waals surface area contributed by atoms with Crippen LogP contribution in [0.1, 0.15) is 22.3 Å². The summed E-state index contributed by atoms with van der Waals surface area (Å²) < 4.78 is 33.4. The van der Waals surface area contributed by atoms with Crippen molar-refractivity contribution in [3.05, 3.63) is 82.9 Å². The number of carbonyl (C=O) groups is 1. The van der Waals surface area contributed by atoms with E-state index in [-0.39, 0.29) is 17.4 Å². The first-order valence-corrected chi connectivity index (χ1v) is 11.3. The van der Waals surface area contributed by atoms with Gasteiger partial charge in [-0.1, -0.05) is 12.1 Å². The van der Waals surface area contributed by atoms with Crippen molar-refractivity contribution in [2.45, 2.75) is 32.6 Å². The molecule has 7 heteroatoms. The van der Waals surface area contributed by atoms with E-state index in [1.807, 2.05) is 52.0 Å². The lowest BCUT2D eigenvalue weighted by Gasteiger charge is -2.11. The number of nitrogens with one attached hydrogen (secondary N) is 2. The first kappa shape index (κ1) is 22.4. The fourth-order valence-electron chi connectivity index (χ4n) is 3.33. The van der Waals surface area contributed by atoms with Crippen LogP contribution in [0, 0.1) is 27.7 Å². The summed E-state index contributed by atoms with van der Waals surface area (Å²) in [7, 11) is -3.73. The van der Waals surface area contributed by atoms with E-state index in [1.54, 1.807) is 24.3 Å². The number of carbonyl (C=O) groups excluding carboxylic acids is 1. The number of rotatable bonds is 7. The molecule has 0 aliphatic carbocycles. The van der Waals surface area contributed by atoms with Crippen molar-refractivity contribution in [2.24, 2.45) is 0 Å². The molecule has 3 aromatic rings. The number of anilines is 2. The van der Waals surface area contributed by atoms with E-state index in [9.17, 15) is 13.2 Å². The molecule has 0 unspecified atom stereocenters. The Bertz CT molecular complexity index is 1160. The molecule has 0 atom stereocenters. The molecule has 162 valence electrons. The maximum Gasteiger partial charge on any atom is 0.262 e. The Labute approximate surface area is 183 Å². The quantitative estimate of drug-likeness (QED) is 0.558. The number of aryl methyl sites for hydroxylation is 4. The van der Waals surface area contributed by atoms with Gasteiger partial charge in [-0.25, -0.2) is 8.42 Å². The monoisotopic (exact) mass is 438 g/mol. The Kier molecular flexibility index (Phi) is 6.65. The molecule has 0 aromatic heterocycles. The van der Waals surface area contributed by atoms with Crippen molar-refractivity contribution in [1.82, 2.24) is 0 Å². The number of ether oxygens (including phenoxy) is 1. The zero-order valence-electron chi connectivity index (χ0n) is 18.0. The summed E-state index contributed by atoms with van der Waals surface area (Å²) in [6.07, 6.45) is 0. The summed E-state index contributed by atoms with van der Waals surface area (Å²) in [6.45, 7) is 7.60. The third-order valence-electron chi connectivity index (χ3n) is 4.49. The van der Waals surface area contributed by atoms with Crippen molar-refractivity contribution >= 4 is 27.3 Å². The van der Waals surface area contributed by atoms with Crippen LogP contribution < -0.4 is 14.8 Å². The molecule has 6 nitrogen and oxygen atoms in total. The first-order chi connectivity index (χ1) is 14.6. The molecule has 0 saturated heterocycles. The lowest BCUT2D eigenvalue weighted by molar-refractivity contribution is -0.118. The van der Waals surface area contributed by atoms with Crippen LogP contribution in [0.25, 0.3) is 0 Å². The summed E-state index contributed by atoms with van der Waals surface area (Å²) in [5.41, 5.74) is 5.05. The molecule has 0 saturated carbocycles. The van der Waals surface area contributed by atoms with Crippen molar-refractivity contribution in [3.8, 4) is 5.75 Å². The molecule has 31 heavy (non-hydrogen) atoms. The molecule has 3 rings (SSSR count). The lowest BCUT2D eigenvalue weighted by atomic mass is 10.1. The van der Waals surface area contributed by atoms with Crippen LogP contribution >= 0.6 is 0 Å². The highest BCUT2D eigenvalue weighted by atomic mass is 32.2. The number of hydrogen-bond donors (Lipinski definition) is 2. The van der Waals surface area contributed by atoms with E-state index in [4.69, 9.17) is 4.74 Å². The van der Waals surface area contributed by atoms with Crippen molar-refractivity contribution in [2.75, 3.05) is 16.6 Å². The standard InChI is InChI=1S/C24H26N2O4S/c1-16-9-17(2)12-21(11-16)26-31(28,29)23-7-5-20(6-8-23)25-24(27)15-30-22-13-18(3)10-19(4)14-22/h5-14,26H,15H2,1-4H3,(H,25,27). The van der Waals surface area contributed by atoms with Gasteiger partial charge in [0.1, 0.15) is 5.75 Å². The van der Waals surface area contributed by atoms with Gasteiger partial charge in [0.25, 0.3) is 15.9 Å². The Balaban J connectivity index is 1.61. The van der Waals surface area contributed by atoms with E-state index < -0.39 is 10.0 Å². The molecule has 0 spiro atoms. The molecule has 0 radical (unpaired) electrons. The van der Waals surface area contributed by atoms with E-state index in [1.165, 1.54) is 12.1 Å². The molecular formula is C24H26N2O4S. The number of sulfonamides is 1. The maximum absolute atomic E-state index is 12.7. The van der Waals surface area contributed by atoms with Gasteiger partial charge in [-0.15, -0.1) is 0 Å². The van der Waals surface area contributed by atoms with Crippen molar-refractivity contribution in [1.29, 1.82) is 0 Å². The molecular weight excluding hydrogens is 412 g/mol. The minimum atomic E-state index is -3.73. The van der Waals surface area contributed by atoms with Gasteiger partial charge in [0, 0.05) is 11.4 Å². The molecule has 0 bridgehead atoms. The number of hydrogen-bond acceptors (Lipinski definition) is 4. The van der Waals surface area contributed by atoms with E-state index >= 15 is 0 Å². The average molecular weight is 439 g/mol. The molecule has 0 fully saturated rings. The predicted octanol–water partition coefficient (Wildman–Crippen LogP) is 4.74. The molecule has 0 aliphatic heterocycles. The molecule has 0 aliphatic rings. The highest BCUT2D eigenvalue weighted by molar-refractivity contribution is 7.92. The first-order valence-electron chi connectivity index (χ1n) is 9.83. The van der Waals surface area contributed by atoms with Gasteiger partial charge < -0.3 is 10.1 Å². The van der Waals surface area contributed by atoms with Gasteiger partial charge >= 0.3 is 0 Å². The van der Waals surface area contributed by atoms with Gasteiger partial charge in [0.05, 0.1) is 4.90 Å². The largest absolute Gasteiger partial charge is 0.484 e. The van der Waals surface area contributed by atoms with Crippen LogP contribution in [0.4, 0.5) is 11.4 Å². The molecule has 0 heterocycles. The third kappa shape index (κ3) is 6.33. The highest BCUT2D eigenvalue weighted by Crippen LogP contribution is 2.21. The van der Waals surface area contributed by atoms with Crippen LogP contribution in [0.2, 0.25) is 0 Å². The van der Waals surface area contributed by atoms with E-state index in [2.05, 4.69) is 10.0 Å². The van der Waals surface area contributed by atoms with Gasteiger partial charge in [-0.3, -0.25) is 9.52 Å². The van der Waals surface area contributed by atoms with Crippen LogP contribution in [-0.4, -0.2) is 20.9 Å². The molecule has 3 aromatic carbocycles. The number of amides is 1. The summed E-state index contributed by atoms with van der Waals surface area (Å²) in [4.78, 5) is 12.3. The third-order valence-corrected chi connectivity index (χ3v) is 5.88.